The highest BCUT2D eigenvalue weighted by atomic mass is 19.1. The molecule has 1 N–H and O–H groups in total. The summed E-state index contributed by atoms with van der Waals surface area (Å²) in [4.78, 5) is 7.66. The van der Waals surface area contributed by atoms with Gasteiger partial charge in [0.05, 0.1) is 12.2 Å². The van der Waals surface area contributed by atoms with Gasteiger partial charge in [0, 0.05) is 6.92 Å². The predicted molar refractivity (Wildman–Crippen MR) is 57.7 cm³/mol. The van der Waals surface area contributed by atoms with Gasteiger partial charge in [0.25, 0.3) is 0 Å². The molecule has 0 aliphatic carbocycles. The number of aryl methyl sites for hydroxylation is 2. The molecule has 0 spiro atoms. The van der Waals surface area contributed by atoms with Gasteiger partial charge in [-0.15, -0.1) is 10.2 Å². The van der Waals surface area contributed by atoms with Gasteiger partial charge in [-0.25, -0.2) is 14.4 Å². The molecule has 7 heteroatoms. The number of aromatic nitrogens is 4. The lowest BCUT2D eigenvalue weighted by atomic mass is 10.3. The highest BCUT2D eigenvalue weighted by Crippen LogP contribution is 2.14. The van der Waals surface area contributed by atoms with Crippen molar-refractivity contribution in [1.82, 2.24) is 20.2 Å². The maximum absolute atomic E-state index is 13.7. The van der Waals surface area contributed by atoms with Gasteiger partial charge in [-0.3, -0.25) is 0 Å². The van der Waals surface area contributed by atoms with Crippen molar-refractivity contribution >= 4 is 5.82 Å². The zero-order valence-corrected chi connectivity index (χ0v) is 9.57. The molecule has 0 radical (unpaired) electrons. The number of nitrogens with zero attached hydrogens (tertiary/aromatic N) is 4. The molecule has 90 valence electrons. The Morgan fingerprint density at radius 2 is 2.18 bits per heavy atom. The Kier molecular flexibility index (Phi) is 3.27. The maximum Gasteiger partial charge on any atom is 0.235 e. The molecule has 17 heavy (non-hydrogen) atoms. The molecule has 0 saturated carbocycles. The van der Waals surface area contributed by atoms with Gasteiger partial charge in [-0.2, -0.15) is 0 Å². The summed E-state index contributed by atoms with van der Waals surface area (Å²) < 4.78 is 18.9. The smallest absolute Gasteiger partial charge is 0.235 e. The van der Waals surface area contributed by atoms with E-state index in [2.05, 4.69) is 25.5 Å². The fraction of sp³-hybridized carbons (Fsp3) is 0.400. The van der Waals surface area contributed by atoms with Crippen LogP contribution in [0.15, 0.2) is 10.7 Å². The molecule has 2 aromatic rings. The standard InChI is InChI=1S/C10H12FN5O/c1-3-7-9(11)10(14-5-13-7)12-4-8-16-15-6(2)17-8/h5H,3-4H2,1-2H3,(H,12,13,14). The number of hydrogen-bond donors (Lipinski definition) is 1. The second-order valence-electron chi connectivity index (χ2n) is 3.40. The first-order chi connectivity index (χ1) is 8.20. The second kappa shape index (κ2) is 4.86. The minimum Gasteiger partial charge on any atom is -0.424 e. The van der Waals surface area contributed by atoms with Gasteiger partial charge in [0.2, 0.25) is 11.8 Å². The fourth-order valence-electron chi connectivity index (χ4n) is 1.34. The third-order valence-electron chi connectivity index (χ3n) is 2.17. The van der Waals surface area contributed by atoms with E-state index < -0.39 is 5.82 Å². The van der Waals surface area contributed by atoms with Crippen LogP contribution in [0.25, 0.3) is 0 Å². The molecule has 0 unspecified atom stereocenters. The Hall–Kier alpha value is -2.05. The van der Waals surface area contributed by atoms with Gasteiger partial charge < -0.3 is 9.73 Å². The van der Waals surface area contributed by atoms with Crippen molar-refractivity contribution in [2.24, 2.45) is 0 Å². The van der Waals surface area contributed by atoms with E-state index in [4.69, 9.17) is 4.42 Å². The molecule has 2 aromatic heterocycles. The van der Waals surface area contributed by atoms with Gasteiger partial charge in [0.1, 0.15) is 6.33 Å². The van der Waals surface area contributed by atoms with Crippen LogP contribution < -0.4 is 5.32 Å². The van der Waals surface area contributed by atoms with Crippen molar-refractivity contribution in [3.8, 4) is 0 Å². The van der Waals surface area contributed by atoms with Gasteiger partial charge >= 0.3 is 0 Å². The van der Waals surface area contributed by atoms with Crippen molar-refractivity contribution in [2.75, 3.05) is 5.32 Å². The van der Waals surface area contributed by atoms with Crippen molar-refractivity contribution in [1.29, 1.82) is 0 Å². The van der Waals surface area contributed by atoms with Crippen LogP contribution in [-0.2, 0) is 13.0 Å². The number of hydrogen-bond acceptors (Lipinski definition) is 6. The molecule has 2 heterocycles. The minimum absolute atomic E-state index is 0.146. The van der Waals surface area contributed by atoms with E-state index in [1.165, 1.54) is 6.33 Å². The van der Waals surface area contributed by atoms with E-state index in [1.54, 1.807) is 6.92 Å². The number of nitrogens with one attached hydrogen (secondary N) is 1. The Morgan fingerprint density at radius 1 is 1.35 bits per heavy atom. The molecule has 0 aliphatic rings. The highest BCUT2D eigenvalue weighted by Gasteiger charge is 2.10. The summed E-state index contributed by atoms with van der Waals surface area (Å²) in [6, 6.07) is 0. The molecule has 2 rings (SSSR count). The monoisotopic (exact) mass is 237 g/mol. The minimum atomic E-state index is -0.439. The molecular formula is C10H12FN5O. The predicted octanol–water partition coefficient (Wildman–Crippen LogP) is 1.48. The number of halogens is 1. The van der Waals surface area contributed by atoms with Crippen LogP contribution in [0, 0.1) is 12.7 Å². The average molecular weight is 237 g/mol. The SMILES string of the molecule is CCc1ncnc(NCc2nnc(C)o2)c1F. The summed E-state index contributed by atoms with van der Waals surface area (Å²) in [6.07, 6.45) is 1.84. The largest absolute Gasteiger partial charge is 0.424 e. The van der Waals surface area contributed by atoms with Crippen LogP contribution in [-0.4, -0.2) is 20.2 Å². The quantitative estimate of drug-likeness (QED) is 0.867. The first-order valence-corrected chi connectivity index (χ1v) is 5.23. The molecule has 0 aromatic carbocycles. The Balaban J connectivity index is 2.09. The summed E-state index contributed by atoms with van der Waals surface area (Å²) in [6.45, 7) is 3.76. The van der Waals surface area contributed by atoms with Crippen molar-refractivity contribution in [2.45, 2.75) is 26.8 Å². The van der Waals surface area contributed by atoms with E-state index >= 15 is 0 Å². The van der Waals surface area contributed by atoms with Crippen LogP contribution in [0.1, 0.15) is 24.4 Å². The lowest BCUT2D eigenvalue weighted by Crippen LogP contribution is -2.07. The normalized spacial score (nSPS) is 10.5. The lowest BCUT2D eigenvalue weighted by Gasteiger charge is -2.05. The van der Waals surface area contributed by atoms with E-state index in [1.807, 2.05) is 6.92 Å². The average Bonchev–Trinajstić information content (AvgIpc) is 2.74. The first-order valence-electron chi connectivity index (χ1n) is 5.23. The third-order valence-corrected chi connectivity index (χ3v) is 2.17. The van der Waals surface area contributed by atoms with Gasteiger partial charge in [-0.1, -0.05) is 6.92 Å². The van der Waals surface area contributed by atoms with E-state index in [0.29, 0.717) is 23.9 Å². The van der Waals surface area contributed by atoms with Crippen LogP contribution >= 0.6 is 0 Å². The molecule has 0 amide bonds. The first kappa shape index (κ1) is 11.4. The number of rotatable bonds is 4. The second-order valence-corrected chi connectivity index (χ2v) is 3.40. The lowest BCUT2D eigenvalue weighted by molar-refractivity contribution is 0.474. The molecule has 0 saturated heterocycles. The summed E-state index contributed by atoms with van der Waals surface area (Å²) >= 11 is 0. The summed E-state index contributed by atoms with van der Waals surface area (Å²) in [5.74, 6) is 0.566. The van der Waals surface area contributed by atoms with Crippen molar-refractivity contribution in [3.05, 3.63) is 29.6 Å². The Morgan fingerprint density at radius 3 is 2.82 bits per heavy atom. The molecule has 0 aliphatic heterocycles. The van der Waals surface area contributed by atoms with Crippen LogP contribution in [0.2, 0.25) is 0 Å². The zero-order valence-electron chi connectivity index (χ0n) is 9.57. The zero-order chi connectivity index (χ0) is 12.3. The summed E-state index contributed by atoms with van der Waals surface area (Å²) in [5.41, 5.74) is 0.379. The molecular weight excluding hydrogens is 225 g/mol. The molecule has 0 atom stereocenters. The summed E-state index contributed by atoms with van der Waals surface area (Å²) in [7, 11) is 0. The topological polar surface area (TPSA) is 76.7 Å². The Bertz CT molecular complexity index is 513. The van der Waals surface area contributed by atoms with E-state index in [9.17, 15) is 4.39 Å². The van der Waals surface area contributed by atoms with Crippen molar-refractivity contribution in [3.63, 3.8) is 0 Å². The van der Waals surface area contributed by atoms with Crippen LogP contribution in [0.3, 0.4) is 0 Å². The fourth-order valence-corrected chi connectivity index (χ4v) is 1.34. The van der Waals surface area contributed by atoms with Gasteiger partial charge in [0.15, 0.2) is 11.6 Å². The molecule has 0 fully saturated rings. The number of anilines is 1. The Labute approximate surface area is 97.3 Å². The van der Waals surface area contributed by atoms with E-state index in [-0.39, 0.29) is 12.4 Å². The third kappa shape index (κ3) is 2.55. The molecule has 0 bridgehead atoms. The molecule has 6 nitrogen and oxygen atoms in total. The summed E-state index contributed by atoms with van der Waals surface area (Å²) in [5, 5.41) is 10.3. The van der Waals surface area contributed by atoms with Crippen LogP contribution in [0.4, 0.5) is 10.2 Å². The highest BCUT2D eigenvalue weighted by molar-refractivity contribution is 5.37. The van der Waals surface area contributed by atoms with Crippen LogP contribution in [0.5, 0.6) is 0 Å². The van der Waals surface area contributed by atoms with Crippen molar-refractivity contribution < 1.29 is 8.81 Å². The van der Waals surface area contributed by atoms with Gasteiger partial charge in [-0.05, 0) is 6.42 Å². The van der Waals surface area contributed by atoms with E-state index in [0.717, 1.165) is 0 Å². The maximum atomic E-state index is 13.7.